The first-order chi connectivity index (χ1) is 7.25. The molecule has 1 heterocycles. The number of aryl methyl sites for hydroxylation is 2. The van der Waals surface area contributed by atoms with Crippen molar-refractivity contribution in [2.75, 3.05) is 0 Å². The van der Waals surface area contributed by atoms with Gasteiger partial charge in [-0.05, 0) is 37.3 Å². The maximum Gasteiger partial charge on any atom is 0.221 e. The van der Waals surface area contributed by atoms with E-state index in [1.807, 2.05) is 11.6 Å². The van der Waals surface area contributed by atoms with Crippen molar-refractivity contribution in [3.8, 4) is 0 Å². The standard InChI is InChI=1S/C11H18ClN3/c1-9-13-11(12)15(14-9)8-4-7-10-5-2-3-6-10/h10H,2-8H2,1H3. The van der Waals surface area contributed by atoms with Crippen LogP contribution < -0.4 is 0 Å². The molecular formula is C11H18ClN3. The summed E-state index contributed by atoms with van der Waals surface area (Å²) in [4.78, 5) is 4.08. The second kappa shape index (κ2) is 4.97. The van der Waals surface area contributed by atoms with Gasteiger partial charge in [0.1, 0.15) is 5.82 Å². The zero-order valence-electron chi connectivity index (χ0n) is 9.25. The van der Waals surface area contributed by atoms with Crippen molar-refractivity contribution >= 4 is 11.6 Å². The largest absolute Gasteiger partial charge is 0.236 e. The number of nitrogens with zero attached hydrogens (tertiary/aromatic N) is 3. The number of hydrogen-bond donors (Lipinski definition) is 0. The Labute approximate surface area is 95.8 Å². The molecular weight excluding hydrogens is 210 g/mol. The smallest absolute Gasteiger partial charge is 0.221 e. The lowest BCUT2D eigenvalue weighted by Crippen LogP contribution is -2.03. The molecule has 0 N–H and O–H groups in total. The summed E-state index contributed by atoms with van der Waals surface area (Å²) in [6.07, 6.45) is 8.18. The Morgan fingerprint density at radius 3 is 2.73 bits per heavy atom. The summed E-state index contributed by atoms with van der Waals surface area (Å²) in [6, 6.07) is 0. The van der Waals surface area contributed by atoms with Gasteiger partial charge in [-0.25, -0.2) is 9.67 Å². The van der Waals surface area contributed by atoms with Gasteiger partial charge < -0.3 is 0 Å². The fourth-order valence-electron chi connectivity index (χ4n) is 2.40. The lowest BCUT2D eigenvalue weighted by Gasteiger charge is -2.08. The van der Waals surface area contributed by atoms with E-state index < -0.39 is 0 Å². The van der Waals surface area contributed by atoms with Crippen LogP contribution in [0, 0.1) is 12.8 Å². The fraction of sp³-hybridized carbons (Fsp3) is 0.818. The van der Waals surface area contributed by atoms with Gasteiger partial charge in [0.2, 0.25) is 5.28 Å². The highest BCUT2D eigenvalue weighted by Crippen LogP contribution is 2.28. The molecule has 1 aromatic heterocycles. The second-order valence-corrected chi connectivity index (χ2v) is 4.78. The van der Waals surface area contributed by atoms with Crippen LogP contribution in [0.5, 0.6) is 0 Å². The summed E-state index contributed by atoms with van der Waals surface area (Å²) in [5, 5.41) is 4.77. The number of aromatic nitrogens is 3. The van der Waals surface area contributed by atoms with E-state index in [1.54, 1.807) is 0 Å². The molecule has 0 aliphatic heterocycles. The first kappa shape index (κ1) is 10.9. The molecule has 1 fully saturated rings. The van der Waals surface area contributed by atoms with E-state index in [0.717, 1.165) is 18.3 Å². The minimum Gasteiger partial charge on any atom is -0.236 e. The topological polar surface area (TPSA) is 30.7 Å². The molecule has 0 unspecified atom stereocenters. The van der Waals surface area contributed by atoms with E-state index in [-0.39, 0.29) is 0 Å². The van der Waals surface area contributed by atoms with Gasteiger partial charge >= 0.3 is 0 Å². The first-order valence-electron chi connectivity index (χ1n) is 5.82. The predicted molar refractivity (Wildman–Crippen MR) is 61.0 cm³/mol. The Hall–Kier alpha value is -0.570. The summed E-state index contributed by atoms with van der Waals surface area (Å²) in [5.74, 6) is 1.72. The Kier molecular flexibility index (Phi) is 3.62. The maximum atomic E-state index is 5.93. The van der Waals surface area contributed by atoms with Crippen molar-refractivity contribution in [1.29, 1.82) is 0 Å². The highest BCUT2D eigenvalue weighted by atomic mass is 35.5. The maximum absolute atomic E-state index is 5.93. The summed E-state index contributed by atoms with van der Waals surface area (Å²) in [6.45, 7) is 2.79. The number of rotatable bonds is 4. The Morgan fingerprint density at radius 1 is 1.40 bits per heavy atom. The predicted octanol–water partition coefficient (Wildman–Crippen LogP) is 3.21. The quantitative estimate of drug-likeness (QED) is 0.791. The SMILES string of the molecule is Cc1nc(Cl)n(CCCC2CCCC2)n1. The Balaban J connectivity index is 1.75. The average Bonchev–Trinajstić information content (AvgIpc) is 2.77. The lowest BCUT2D eigenvalue weighted by atomic mass is 10.0. The normalized spacial score (nSPS) is 17.5. The van der Waals surface area contributed by atoms with Crippen molar-refractivity contribution in [2.45, 2.75) is 52.0 Å². The molecule has 1 aliphatic carbocycles. The minimum atomic E-state index is 0.527. The molecule has 15 heavy (non-hydrogen) atoms. The van der Waals surface area contributed by atoms with Gasteiger partial charge in [-0.15, -0.1) is 0 Å². The van der Waals surface area contributed by atoms with Crippen molar-refractivity contribution in [2.24, 2.45) is 5.92 Å². The second-order valence-electron chi connectivity index (χ2n) is 4.44. The van der Waals surface area contributed by atoms with Crippen molar-refractivity contribution in [3.63, 3.8) is 0 Å². The van der Waals surface area contributed by atoms with Crippen LogP contribution >= 0.6 is 11.6 Å². The molecule has 0 saturated heterocycles. The van der Waals surface area contributed by atoms with Crippen LogP contribution in [0.15, 0.2) is 0 Å². The molecule has 0 atom stereocenters. The molecule has 0 aromatic carbocycles. The van der Waals surface area contributed by atoms with E-state index in [1.165, 1.54) is 38.5 Å². The van der Waals surface area contributed by atoms with Crippen LogP contribution in [0.4, 0.5) is 0 Å². The third-order valence-electron chi connectivity index (χ3n) is 3.19. The fourth-order valence-corrected chi connectivity index (χ4v) is 2.65. The highest BCUT2D eigenvalue weighted by Gasteiger charge is 2.14. The molecule has 1 aliphatic rings. The molecule has 4 heteroatoms. The van der Waals surface area contributed by atoms with Crippen molar-refractivity contribution in [1.82, 2.24) is 14.8 Å². The van der Waals surface area contributed by atoms with Gasteiger partial charge in [-0.1, -0.05) is 25.7 Å². The molecule has 1 aromatic rings. The Bertz CT molecular complexity index is 316. The molecule has 0 bridgehead atoms. The van der Waals surface area contributed by atoms with Gasteiger partial charge in [-0.2, -0.15) is 5.10 Å². The van der Waals surface area contributed by atoms with Crippen LogP contribution in [0.2, 0.25) is 5.28 Å². The third-order valence-corrected chi connectivity index (χ3v) is 3.47. The molecule has 0 spiro atoms. The zero-order chi connectivity index (χ0) is 10.7. The summed E-state index contributed by atoms with van der Waals surface area (Å²) in [7, 11) is 0. The van der Waals surface area contributed by atoms with E-state index in [4.69, 9.17) is 11.6 Å². The zero-order valence-corrected chi connectivity index (χ0v) is 10.0. The average molecular weight is 228 g/mol. The van der Waals surface area contributed by atoms with Crippen molar-refractivity contribution in [3.05, 3.63) is 11.1 Å². The molecule has 84 valence electrons. The molecule has 0 amide bonds. The third kappa shape index (κ3) is 2.94. The molecule has 1 saturated carbocycles. The van der Waals surface area contributed by atoms with E-state index in [2.05, 4.69) is 10.1 Å². The molecule has 0 radical (unpaired) electrons. The molecule has 3 nitrogen and oxygen atoms in total. The summed E-state index contributed by atoms with van der Waals surface area (Å²) in [5.41, 5.74) is 0. The first-order valence-corrected chi connectivity index (χ1v) is 6.20. The van der Waals surface area contributed by atoms with E-state index >= 15 is 0 Å². The summed E-state index contributed by atoms with van der Waals surface area (Å²) < 4.78 is 1.81. The minimum absolute atomic E-state index is 0.527. The van der Waals surface area contributed by atoms with Gasteiger partial charge in [0.15, 0.2) is 0 Å². The van der Waals surface area contributed by atoms with Crippen LogP contribution in [-0.4, -0.2) is 14.8 Å². The lowest BCUT2D eigenvalue weighted by molar-refractivity contribution is 0.445. The van der Waals surface area contributed by atoms with Crippen LogP contribution in [-0.2, 0) is 6.54 Å². The van der Waals surface area contributed by atoms with Gasteiger partial charge in [0, 0.05) is 6.54 Å². The Morgan fingerprint density at radius 2 is 2.13 bits per heavy atom. The van der Waals surface area contributed by atoms with E-state index in [0.29, 0.717) is 5.28 Å². The summed E-state index contributed by atoms with van der Waals surface area (Å²) >= 11 is 5.93. The van der Waals surface area contributed by atoms with Crippen LogP contribution in [0.1, 0.15) is 44.3 Å². The highest BCUT2D eigenvalue weighted by molar-refractivity contribution is 6.28. The number of halogens is 1. The van der Waals surface area contributed by atoms with E-state index in [9.17, 15) is 0 Å². The van der Waals surface area contributed by atoms with Gasteiger partial charge in [0.05, 0.1) is 0 Å². The monoisotopic (exact) mass is 227 g/mol. The molecule has 2 rings (SSSR count). The van der Waals surface area contributed by atoms with Gasteiger partial charge in [-0.3, -0.25) is 0 Å². The van der Waals surface area contributed by atoms with Gasteiger partial charge in [0.25, 0.3) is 0 Å². The number of hydrogen-bond acceptors (Lipinski definition) is 2. The van der Waals surface area contributed by atoms with Crippen LogP contribution in [0.25, 0.3) is 0 Å². The van der Waals surface area contributed by atoms with Crippen LogP contribution in [0.3, 0.4) is 0 Å². The van der Waals surface area contributed by atoms with Crippen molar-refractivity contribution < 1.29 is 0 Å².